The van der Waals surface area contributed by atoms with Crippen LogP contribution in [0.4, 0.5) is 0 Å². The van der Waals surface area contributed by atoms with Gasteiger partial charge in [-0.05, 0) is 44.2 Å². The number of hydrogen-bond acceptors (Lipinski definition) is 3. The lowest BCUT2D eigenvalue weighted by atomic mass is 9.80. The van der Waals surface area contributed by atoms with Crippen molar-refractivity contribution in [1.82, 2.24) is 4.90 Å². The van der Waals surface area contributed by atoms with Crippen molar-refractivity contribution in [2.45, 2.75) is 82.4 Å². The molecule has 0 atom stereocenters. The molecule has 0 unspecified atom stereocenters. The molecular formula is C21H35NOS. The van der Waals surface area contributed by atoms with Crippen molar-refractivity contribution in [3.8, 4) is 0 Å². The number of aliphatic hydroxyl groups is 1. The van der Waals surface area contributed by atoms with E-state index in [0.29, 0.717) is 0 Å². The summed E-state index contributed by atoms with van der Waals surface area (Å²) in [5.74, 6) is 0.964. The molecular weight excluding hydrogens is 314 g/mol. The van der Waals surface area contributed by atoms with E-state index in [1.54, 1.807) is 0 Å². The van der Waals surface area contributed by atoms with Gasteiger partial charge in [0.1, 0.15) is 0 Å². The van der Waals surface area contributed by atoms with Gasteiger partial charge in [0, 0.05) is 29.1 Å². The summed E-state index contributed by atoms with van der Waals surface area (Å²) in [4.78, 5) is 2.54. The van der Waals surface area contributed by atoms with Crippen LogP contribution in [0.3, 0.4) is 0 Å². The molecule has 1 aliphatic rings. The van der Waals surface area contributed by atoms with E-state index in [2.05, 4.69) is 70.7 Å². The second-order valence-corrected chi connectivity index (χ2v) is 10.5. The van der Waals surface area contributed by atoms with Gasteiger partial charge in [0.15, 0.2) is 0 Å². The van der Waals surface area contributed by atoms with Crippen molar-refractivity contribution in [2.75, 3.05) is 13.1 Å². The molecule has 1 saturated heterocycles. The normalized spacial score (nSPS) is 19.5. The van der Waals surface area contributed by atoms with E-state index in [1.807, 2.05) is 11.8 Å². The Labute approximate surface area is 153 Å². The van der Waals surface area contributed by atoms with E-state index in [1.165, 1.54) is 5.56 Å². The van der Waals surface area contributed by atoms with Crippen LogP contribution in [-0.2, 0) is 11.4 Å². The molecule has 1 aromatic carbocycles. The predicted octanol–water partition coefficient (Wildman–Crippen LogP) is 5.19. The van der Waals surface area contributed by atoms with Crippen LogP contribution in [0.1, 0.15) is 71.9 Å². The van der Waals surface area contributed by atoms with Crippen LogP contribution in [0, 0.1) is 0 Å². The number of rotatable bonds is 5. The number of hydrogen-bond donors (Lipinski definition) is 1. The minimum Gasteiger partial charge on any atom is -0.385 e. The quantitative estimate of drug-likeness (QED) is 0.791. The van der Waals surface area contributed by atoms with E-state index in [0.717, 1.165) is 43.7 Å². The van der Waals surface area contributed by atoms with Crippen molar-refractivity contribution in [1.29, 1.82) is 0 Å². The van der Waals surface area contributed by atoms with E-state index < -0.39 is 5.60 Å². The first-order valence-electron chi connectivity index (χ1n) is 9.27. The topological polar surface area (TPSA) is 23.5 Å². The van der Waals surface area contributed by atoms with Gasteiger partial charge in [-0.15, -0.1) is 0 Å². The fourth-order valence-electron chi connectivity index (χ4n) is 3.37. The van der Waals surface area contributed by atoms with Crippen LogP contribution in [0.5, 0.6) is 0 Å². The van der Waals surface area contributed by atoms with E-state index in [4.69, 9.17) is 0 Å². The average Bonchev–Trinajstić information content (AvgIpc) is 2.53. The predicted molar refractivity (Wildman–Crippen MR) is 107 cm³/mol. The summed E-state index contributed by atoms with van der Waals surface area (Å²) < 4.78 is 0.240. The van der Waals surface area contributed by atoms with Gasteiger partial charge in [0.25, 0.3) is 0 Å². The molecule has 0 radical (unpaired) electrons. The van der Waals surface area contributed by atoms with Gasteiger partial charge in [-0.25, -0.2) is 0 Å². The third-order valence-electron chi connectivity index (χ3n) is 5.49. The molecule has 24 heavy (non-hydrogen) atoms. The third-order valence-corrected chi connectivity index (χ3v) is 6.81. The monoisotopic (exact) mass is 349 g/mol. The fourth-order valence-corrected chi connectivity index (χ4v) is 4.21. The van der Waals surface area contributed by atoms with Crippen LogP contribution in [0.25, 0.3) is 0 Å². The van der Waals surface area contributed by atoms with Crippen LogP contribution in [0.2, 0.25) is 0 Å². The lowest BCUT2D eigenvalue weighted by molar-refractivity contribution is -0.0503. The standard InChI is InChI=1S/C21H35NOS/c1-7-20(5,6)22-14-12-21(23,13-15-22)18-11-9-8-10-17(18)16-24-19(2,3)4/h8-11,23H,7,12-16H2,1-6H3. The Kier molecular flexibility index (Phi) is 6.10. The summed E-state index contributed by atoms with van der Waals surface area (Å²) in [5.41, 5.74) is 2.00. The molecule has 0 aliphatic carbocycles. The lowest BCUT2D eigenvalue weighted by Gasteiger charge is -2.46. The Bertz CT molecular complexity index is 539. The summed E-state index contributed by atoms with van der Waals surface area (Å²) >= 11 is 1.95. The second-order valence-electron chi connectivity index (χ2n) is 8.74. The molecule has 0 spiro atoms. The minimum absolute atomic E-state index is 0.225. The van der Waals surface area contributed by atoms with E-state index in [-0.39, 0.29) is 10.3 Å². The van der Waals surface area contributed by atoms with Gasteiger partial charge in [-0.1, -0.05) is 52.0 Å². The second kappa shape index (κ2) is 7.39. The molecule has 0 bridgehead atoms. The minimum atomic E-state index is -0.671. The maximum atomic E-state index is 11.4. The van der Waals surface area contributed by atoms with Gasteiger partial charge in [-0.2, -0.15) is 11.8 Å². The smallest absolute Gasteiger partial charge is 0.0923 e. The highest BCUT2D eigenvalue weighted by Gasteiger charge is 2.38. The van der Waals surface area contributed by atoms with Crippen molar-refractivity contribution >= 4 is 11.8 Å². The summed E-state index contributed by atoms with van der Waals surface area (Å²) in [6.45, 7) is 15.6. The van der Waals surface area contributed by atoms with E-state index >= 15 is 0 Å². The fraction of sp³-hybridized carbons (Fsp3) is 0.714. The first kappa shape index (κ1) is 19.8. The molecule has 1 heterocycles. The van der Waals surface area contributed by atoms with Crippen LogP contribution in [-0.4, -0.2) is 33.4 Å². The molecule has 3 heteroatoms. The van der Waals surface area contributed by atoms with Crippen LogP contribution in [0.15, 0.2) is 24.3 Å². The van der Waals surface area contributed by atoms with Crippen molar-refractivity contribution in [3.05, 3.63) is 35.4 Å². The van der Waals surface area contributed by atoms with Gasteiger partial charge in [0.05, 0.1) is 5.60 Å². The van der Waals surface area contributed by atoms with E-state index in [9.17, 15) is 5.11 Å². The number of nitrogens with zero attached hydrogens (tertiary/aromatic N) is 1. The summed E-state index contributed by atoms with van der Waals surface area (Å²) in [6.07, 6.45) is 2.80. The Balaban J connectivity index is 2.14. The number of piperidine rings is 1. The lowest BCUT2D eigenvalue weighted by Crippen LogP contribution is -2.51. The highest BCUT2D eigenvalue weighted by Crippen LogP contribution is 2.39. The maximum Gasteiger partial charge on any atom is 0.0923 e. The molecule has 0 aromatic heterocycles. The summed E-state index contributed by atoms with van der Waals surface area (Å²) in [6, 6.07) is 8.50. The third kappa shape index (κ3) is 4.77. The van der Waals surface area contributed by atoms with Gasteiger partial charge < -0.3 is 5.11 Å². The zero-order chi connectivity index (χ0) is 18.0. The SMILES string of the molecule is CCC(C)(C)N1CCC(O)(c2ccccc2CSC(C)(C)C)CC1. The summed E-state index contributed by atoms with van der Waals surface area (Å²) in [5, 5.41) is 11.4. The first-order chi connectivity index (χ1) is 11.1. The van der Waals surface area contributed by atoms with Crippen molar-refractivity contribution < 1.29 is 5.11 Å². The largest absolute Gasteiger partial charge is 0.385 e. The van der Waals surface area contributed by atoms with Gasteiger partial charge in [-0.3, -0.25) is 4.90 Å². The van der Waals surface area contributed by atoms with Gasteiger partial charge >= 0.3 is 0 Å². The maximum absolute atomic E-state index is 11.4. The Morgan fingerprint density at radius 2 is 1.67 bits per heavy atom. The highest BCUT2D eigenvalue weighted by atomic mass is 32.2. The Morgan fingerprint density at radius 1 is 1.08 bits per heavy atom. The Morgan fingerprint density at radius 3 is 2.21 bits per heavy atom. The molecule has 136 valence electrons. The number of likely N-dealkylation sites (tertiary alicyclic amines) is 1. The highest BCUT2D eigenvalue weighted by molar-refractivity contribution is 7.99. The van der Waals surface area contributed by atoms with Crippen molar-refractivity contribution in [3.63, 3.8) is 0 Å². The first-order valence-corrected chi connectivity index (χ1v) is 10.3. The van der Waals surface area contributed by atoms with Crippen LogP contribution >= 0.6 is 11.8 Å². The molecule has 1 aromatic rings. The number of thioether (sulfide) groups is 1. The molecule has 1 aliphatic heterocycles. The zero-order valence-electron chi connectivity index (χ0n) is 16.4. The zero-order valence-corrected chi connectivity index (χ0v) is 17.2. The Hall–Kier alpha value is -0.510. The molecule has 2 rings (SSSR count). The molecule has 1 N–H and O–H groups in total. The van der Waals surface area contributed by atoms with Gasteiger partial charge in [0.2, 0.25) is 0 Å². The van der Waals surface area contributed by atoms with Crippen LogP contribution < -0.4 is 0 Å². The molecule has 1 fully saturated rings. The molecule has 2 nitrogen and oxygen atoms in total. The molecule has 0 amide bonds. The average molecular weight is 350 g/mol. The molecule has 0 saturated carbocycles. The number of benzene rings is 1. The summed E-state index contributed by atoms with van der Waals surface area (Å²) in [7, 11) is 0. The van der Waals surface area contributed by atoms with Crippen molar-refractivity contribution in [2.24, 2.45) is 0 Å².